The molecule has 4 heterocycles. The van der Waals surface area contributed by atoms with Gasteiger partial charge in [0, 0.05) is 17.3 Å². The van der Waals surface area contributed by atoms with Crippen LogP contribution in [0.3, 0.4) is 0 Å². The molecule has 3 aromatic heterocycles. The van der Waals surface area contributed by atoms with E-state index in [0.29, 0.717) is 41.6 Å². The summed E-state index contributed by atoms with van der Waals surface area (Å²) in [5, 5.41) is 12.5. The maximum Gasteiger partial charge on any atom is 0.299 e. The summed E-state index contributed by atoms with van der Waals surface area (Å²) in [4.78, 5) is 30.1. The summed E-state index contributed by atoms with van der Waals surface area (Å²) in [5.74, 6) is 1.29. The van der Waals surface area contributed by atoms with E-state index < -0.39 is 11.5 Å². The zero-order valence-corrected chi connectivity index (χ0v) is 17.0. The van der Waals surface area contributed by atoms with Gasteiger partial charge in [0.25, 0.3) is 17.2 Å². The zero-order chi connectivity index (χ0) is 22.4. The third-order valence-corrected chi connectivity index (χ3v) is 5.16. The molecule has 0 aliphatic carbocycles. The molecular weight excluding hydrogens is 426 g/mol. The maximum absolute atomic E-state index is 13.0. The van der Waals surface area contributed by atoms with Crippen molar-refractivity contribution in [1.82, 2.24) is 29.5 Å². The third kappa shape index (κ3) is 3.22. The van der Waals surface area contributed by atoms with Crippen LogP contribution in [0.5, 0.6) is 11.5 Å². The highest BCUT2D eigenvalue weighted by Gasteiger charge is 2.17. The van der Waals surface area contributed by atoms with Gasteiger partial charge in [-0.25, -0.2) is 4.68 Å². The number of amides is 1. The van der Waals surface area contributed by atoms with E-state index in [1.807, 2.05) is 30.3 Å². The monoisotopic (exact) mass is 441 g/mol. The van der Waals surface area contributed by atoms with Gasteiger partial charge in [-0.15, -0.1) is 15.3 Å². The molecule has 1 N–H and O–H groups in total. The molecule has 33 heavy (non-hydrogen) atoms. The molecule has 6 rings (SSSR count). The van der Waals surface area contributed by atoms with Gasteiger partial charge in [-0.2, -0.15) is 9.50 Å². The standard InChI is InChI=1S/C22H15N7O4/c30-20(14-6-7-16-17(12-14)33-11-10-32-16)27-28-9-8-15-18(21(28)31)24-25-22-23-19(26-29(15)22)13-4-2-1-3-5-13/h1-9,12H,10-11H2,(H,27,30). The molecule has 0 atom stereocenters. The fourth-order valence-electron chi connectivity index (χ4n) is 3.56. The second kappa shape index (κ2) is 7.41. The van der Waals surface area contributed by atoms with Crippen LogP contribution in [0.15, 0.2) is 65.6 Å². The predicted octanol–water partition coefficient (Wildman–Crippen LogP) is 1.66. The number of aromatic nitrogens is 6. The van der Waals surface area contributed by atoms with Crippen molar-refractivity contribution in [3.8, 4) is 22.9 Å². The van der Waals surface area contributed by atoms with Gasteiger partial charge in [-0.1, -0.05) is 30.3 Å². The Hall–Kier alpha value is -4.80. The van der Waals surface area contributed by atoms with E-state index in [1.165, 1.54) is 10.7 Å². The summed E-state index contributed by atoms with van der Waals surface area (Å²) in [5.41, 5.74) is 3.60. The molecule has 0 fully saturated rings. The predicted molar refractivity (Wildman–Crippen MR) is 117 cm³/mol. The summed E-state index contributed by atoms with van der Waals surface area (Å²) in [6.07, 6.45) is 1.44. The van der Waals surface area contributed by atoms with Crippen molar-refractivity contribution in [3.63, 3.8) is 0 Å². The number of nitrogens with zero attached hydrogens (tertiary/aromatic N) is 6. The number of hydrogen-bond acceptors (Lipinski definition) is 8. The fourth-order valence-corrected chi connectivity index (χ4v) is 3.56. The van der Waals surface area contributed by atoms with Crippen LogP contribution in [0, 0.1) is 0 Å². The van der Waals surface area contributed by atoms with Crippen LogP contribution in [-0.4, -0.2) is 48.6 Å². The average Bonchev–Trinajstić information content (AvgIpc) is 3.31. The van der Waals surface area contributed by atoms with Gasteiger partial charge >= 0.3 is 0 Å². The van der Waals surface area contributed by atoms with E-state index in [0.717, 1.165) is 10.2 Å². The van der Waals surface area contributed by atoms with Gasteiger partial charge in [-0.3, -0.25) is 15.0 Å². The lowest BCUT2D eigenvalue weighted by Gasteiger charge is -2.18. The fraction of sp³-hybridized carbons (Fsp3) is 0.0909. The van der Waals surface area contributed by atoms with Crippen molar-refractivity contribution in [3.05, 3.63) is 76.7 Å². The molecule has 1 amide bonds. The molecule has 11 heteroatoms. The van der Waals surface area contributed by atoms with Crippen molar-refractivity contribution in [2.24, 2.45) is 0 Å². The van der Waals surface area contributed by atoms with Crippen molar-refractivity contribution in [2.45, 2.75) is 0 Å². The molecule has 0 radical (unpaired) electrons. The molecule has 1 aliphatic heterocycles. The number of ether oxygens (including phenoxy) is 2. The Bertz CT molecular complexity index is 1590. The molecule has 0 bridgehead atoms. The lowest BCUT2D eigenvalue weighted by Crippen LogP contribution is -2.33. The first kappa shape index (κ1) is 18.9. The summed E-state index contributed by atoms with van der Waals surface area (Å²) < 4.78 is 13.5. The maximum atomic E-state index is 13.0. The minimum atomic E-state index is -0.551. The summed E-state index contributed by atoms with van der Waals surface area (Å²) in [6, 6.07) is 15.9. The van der Waals surface area contributed by atoms with E-state index in [1.54, 1.807) is 24.3 Å². The molecule has 5 aromatic rings. The molecule has 0 saturated carbocycles. The topological polar surface area (TPSA) is 126 Å². The number of rotatable bonds is 3. The zero-order valence-electron chi connectivity index (χ0n) is 17.0. The molecular formula is C22H15N7O4. The lowest BCUT2D eigenvalue weighted by atomic mass is 10.2. The highest BCUT2D eigenvalue weighted by molar-refractivity contribution is 6.00. The van der Waals surface area contributed by atoms with Crippen molar-refractivity contribution in [2.75, 3.05) is 18.6 Å². The van der Waals surface area contributed by atoms with Gasteiger partial charge in [0.2, 0.25) is 0 Å². The first-order valence-corrected chi connectivity index (χ1v) is 10.1. The van der Waals surface area contributed by atoms with E-state index >= 15 is 0 Å². The highest BCUT2D eigenvalue weighted by atomic mass is 16.6. The highest BCUT2D eigenvalue weighted by Crippen LogP contribution is 2.30. The number of hydrogen-bond donors (Lipinski definition) is 1. The minimum Gasteiger partial charge on any atom is -0.486 e. The molecule has 1 aliphatic rings. The van der Waals surface area contributed by atoms with Gasteiger partial charge in [-0.05, 0) is 24.3 Å². The molecule has 11 nitrogen and oxygen atoms in total. The number of benzene rings is 2. The Balaban J connectivity index is 1.36. The van der Waals surface area contributed by atoms with Crippen LogP contribution in [0.4, 0.5) is 0 Å². The van der Waals surface area contributed by atoms with Gasteiger partial charge in [0.05, 0.1) is 0 Å². The molecule has 0 unspecified atom stereocenters. The van der Waals surface area contributed by atoms with Crippen LogP contribution in [0.2, 0.25) is 0 Å². The molecule has 0 spiro atoms. The molecule has 2 aromatic carbocycles. The Morgan fingerprint density at radius 3 is 2.64 bits per heavy atom. The lowest BCUT2D eigenvalue weighted by molar-refractivity contribution is 0.101. The third-order valence-electron chi connectivity index (χ3n) is 5.16. The SMILES string of the molecule is O=C(Nn1ccc2c(nnc3nc(-c4ccccc4)nn32)c1=O)c1ccc2c(c1)OCCO2. The number of pyridine rings is 1. The molecule has 0 saturated heterocycles. The Morgan fingerprint density at radius 2 is 1.79 bits per heavy atom. The Labute approximate surface area is 185 Å². The van der Waals surface area contributed by atoms with Crippen LogP contribution < -0.4 is 20.5 Å². The summed E-state index contributed by atoms with van der Waals surface area (Å²) in [6.45, 7) is 0.863. The van der Waals surface area contributed by atoms with E-state index in [-0.39, 0.29) is 11.3 Å². The molecule has 162 valence electrons. The summed E-state index contributed by atoms with van der Waals surface area (Å²) >= 11 is 0. The van der Waals surface area contributed by atoms with Gasteiger partial charge < -0.3 is 9.47 Å². The number of carbonyl (C=O) groups is 1. The quantitative estimate of drug-likeness (QED) is 0.448. The van der Waals surface area contributed by atoms with Crippen LogP contribution in [0.1, 0.15) is 10.4 Å². The average molecular weight is 441 g/mol. The van der Waals surface area contributed by atoms with Crippen molar-refractivity contribution < 1.29 is 14.3 Å². The summed E-state index contributed by atoms with van der Waals surface area (Å²) in [7, 11) is 0. The van der Waals surface area contributed by atoms with Crippen molar-refractivity contribution in [1.29, 1.82) is 0 Å². The second-order valence-electron chi connectivity index (χ2n) is 7.24. The first-order chi connectivity index (χ1) is 16.2. The van der Waals surface area contributed by atoms with E-state index in [2.05, 4.69) is 25.7 Å². The Morgan fingerprint density at radius 1 is 0.970 bits per heavy atom. The Kier molecular flexibility index (Phi) is 4.25. The number of fused-ring (bicyclic) bond motifs is 4. The van der Waals surface area contributed by atoms with Crippen LogP contribution >= 0.6 is 0 Å². The second-order valence-corrected chi connectivity index (χ2v) is 7.24. The van der Waals surface area contributed by atoms with Crippen LogP contribution in [-0.2, 0) is 0 Å². The van der Waals surface area contributed by atoms with Crippen molar-refractivity contribution >= 4 is 22.7 Å². The first-order valence-electron chi connectivity index (χ1n) is 10.1. The van der Waals surface area contributed by atoms with Crippen LogP contribution in [0.25, 0.3) is 28.2 Å². The smallest absolute Gasteiger partial charge is 0.299 e. The van der Waals surface area contributed by atoms with Gasteiger partial charge in [0.1, 0.15) is 18.7 Å². The van der Waals surface area contributed by atoms with E-state index in [4.69, 9.17) is 9.47 Å². The number of carbonyl (C=O) groups excluding carboxylic acids is 1. The normalized spacial score (nSPS) is 12.7. The minimum absolute atomic E-state index is 0.0389. The number of nitrogens with one attached hydrogen (secondary N) is 1. The van der Waals surface area contributed by atoms with E-state index in [9.17, 15) is 9.59 Å². The largest absolute Gasteiger partial charge is 0.486 e. The van der Waals surface area contributed by atoms with Gasteiger partial charge in [0.15, 0.2) is 22.8 Å².